The quantitative estimate of drug-likeness (QED) is 0.258. The highest BCUT2D eigenvalue weighted by molar-refractivity contribution is 6.35. The van der Waals surface area contributed by atoms with Crippen molar-refractivity contribution in [3.8, 4) is 16.9 Å². The number of rotatable bonds is 6. The van der Waals surface area contributed by atoms with E-state index in [-0.39, 0.29) is 5.91 Å². The van der Waals surface area contributed by atoms with Gasteiger partial charge in [0.15, 0.2) is 0 Å². The lowest BCUT2D eigenvalue weighted by atomic mass is 10.1. The number of nitrogens with one attached hydrogen (secondary N) is 1. The Morgan fingerprint density at radius 3 is 2.35 bits per heavy atom. The number of carbonyl (C=O) groups is 1. The first-order valence-corrected chi connectivity index (χ1v) is 11.8. The van der Waals surface area contributed by atoms with Crippen LogP contribution in [0, 0.1) is 6.92 Å². The Bertz CT molecular complexity index is 1380. The summed E-state index contributed by atoms with van der Waals surface area (Å²) in [7, 11) is 0. The lowest BCUT2D eigenvalue weighted by Crippen LogP contribution is -2.20. The minimum atomic E-state index is -0.258. The van der Waals surface area contributed by atoms with E-state index in [1.165, 1.54) is 6.08 Å². The fourth-order valence-corrected chi connectivity index (χ4v) is 4.30. The molecule has 0 fully saturated rings. The summed E-state index contributed by atoms with van der Waals surface area (Å²) in [5.74, 6) is -0.258. The molecule has 0 spiro atoms. The highest BCUT2D eigenvalue weighted by Crippen LogP contribution is 2.33. The summed E-state index contributed by atoms with van der Waals surface area (Å²) in [6.07, 6.45) is 3.13. The van der Waals surface area contributed by atoms with Crippen molar-refractivity contribution < 1.29 is 4.79 Å². The maximum atomic E-state index is 12.4. The van der Waals surface area contributed by atoms with E-state index >= 15 is 0 Å². The molecule has 0 unspecified atom stereocenters. The molecule has 1 aromatic heterocycles. The summed E-state index contributed by atoms with van der Waals surface area (Å²) in [6.45, 7) is 2.27. The number of carbonyl (C=O) groups excluding carboxylic acids is 1. The van der Waals surface area contributed by atoms with E-state index in [1.54, 1.807) is 35.0 Å². The predicted molar refractivity (Wildman–Crippen MR) is 141 cm³/mol. The lowest BCUT2D eigenvalue weighted by molar-refractivity contribution is -0.116. The number of amides is 1. The number of hydrogen-bond donors (Lipinski definition) is 1. The first kappa shape index (κ1) is 24.4. The van der Waals surface area contributed by atoms with Gasteiger partial charge in [0.25, 0.3) is 0 Å². The van der Waals surface area contributed by atoms with Crippen LogP contribution in [0.15, 0.2) is 72.8 Å². The minimum Gasteiger partial charge on any atom is -0.348 e. The SMILES string of the molecule is Cc1c(/C=C/C(=O)NCc2ccccc2Cl)nn(-c2ccc(Cl)cc2Cl)c1-c1ccc(Cl)cc1. The third-order valence-corrected chi connectivity index (χ3v) is 6.38. The van der Waals surface area contributed by atoms with E-state index < -0.39 is 0 Å². The minimum absolute atomic E-state index is 0.258. The summed E-state index contributed by atoms with van der Waals surface area (Å²) in [4.78, 5) is 12.4. The van der Waals surface area contributed by atoms with Crippen LogP contribution in [0.3, 0.4) is 0 Å². The van der Waals surface area contributed by atoms with Gasteiger partial charge in [-0.15, -0.1) is 0 Å². The molecule has 0 bridgehead atoms. The van der Waals surface area contributed by atoms with Gasteiger partial charge in [-0.05, 0) is 55.0 Å². The summed E-state index contributed by atoms with van der Waals surface area (Å²) in [6, 6.07) is 20.1. The van der Waals surface area contributed by atoms with Gasteiger partial charge in [0.1, 0.15) is 0 Å². The molecular weight excluding hydrogens is 512 g/mol. The summed E-state index contributed by atoms with van der Waals surface area (Å²) < 4.78 is 1.75. The van der Waals surface area contributed by atoms with Crippen LogP contribution in [-0.4, -0.2) is 15.7 Å². The molecule has 3 aromatic carbocycles. The van der Waals surface area contributed by atoms with Crippen molar-refractivity contribution in [1.82, 2.24) is 15.1 Å². The largest absolute Gasteiger partial charge is 0.348 e. The number of benzene rings is 3. The normalized spacial score (nSPS) is 11.2. The molecule has 0 atom stereocenters. The van der Waals surface area contributed by atoms with Gasteiger partial charge >= 0.3 is 0 Å². The molecule has 172 valence electrons. The Morgan fingerprint density at radius 2 is 1.65 bits per heavy atom. The second-order valence-electron chi connectivity index (χ2n) is 7.52. The van der Waals surface area contributed by atoms with Crippen molar-refractivity contribution in [2.24, 2.45) is 0 Å². The average molecular weight is 531 g/mol. The van der Waals surface area contributed by atoms with Gasteiger partial charge in [-0.3, -0.25) is 4.79 Å². The lowest BCUT2D eigenvalue weighted by Gasteiger charge is -2.11. The van der Waals surface area contributed by atoms with Crippen molar-refractivity contribution in [1.29, 1.82) is 0 Å². The Hall–Kier alpha value is -2.76. The predicted octanol–water partition coefficient (Wildman–Crippen LogP) is 7.79. The zero-order valence-electron chi connectivity index (χ0n) is 18.0. The Morgan fingerprint density at radius 1 is 0.941 bits per heavy atom. The summed E-state index contributed by atoms with van der Waals surface area (Å²) in [5.41, 5.74) is 4.75. The van der Waals surface area contributed by atoms with Gasteiger partial charge in [0.05, 0.1) is 22.1 Å². The Labute approximate surface area is 217 Å². The van der Waals surface area contributed by atoms with Crippen LogP contribution in [0.5, 0.6) is 0 Å². The van der Waals surface area contributed by atoms with Gasteiger partial charge in [0, 0.05) is 38.8 Å². The molecule has 8 heteroatoms. The van der Waals surface area contributed by atoms with Gasteiger partial charge in [-0.2, -0.15) is 5.10 Å². The second kappa shape index (κ2) is 10.7. The molecule has 0 aliphatic rings. The van der Waals surface area contributed by atoms with E-state index in [9.17, 15) is 4.79 Å². The fourth-order valence-electron chi connectivity index (χ4n) is 3.48. The first-order valence-electron chi connectivity index (χ1n) is 10.3. The monoisotopic (exact) mass is 529 g/mol. The van der Waals surface area contributed by atoms with Gasteiger partial charge in [0.2, 0.25) is 5.91 Å². The zero-order chi connectivity index (χ0) is 24.2. The molecule has 1 heterocycles. The van der Waals surface area contributed by atoms with Crippen molar-refractivity contribution in [3.05, 3.63) is 110 Å². The maximum Gasteiger partial charge on any atom is 0.244 e. The van der Waals surface area contributed by atoms with E-state index in [0.717, 1.165) is 22.4 Å². The van der Waals surface area contributed by atoms with E-state index in [0.29, 0.717) is 38.0 Å². The molecule has 0 radical (unpaired) electrons. The van der Waals surface area contributed by atoms with E-state index in [2.05, 4.69) is 5.32 Å². The van der Waals surface area contributed by atoms with Crippen molar-refractivity contribution in [2.75, 3.05) is 0 Å². The number of aromatic nitrogens is 2. The third kappa shape index (κ3) is 5.48. The second-order valence-corrected chi connectivity index (χ2v) is 9.20. The Kier molecular flexibility index (Phi) is 7.64. The highest BCUT2D eigenvalue weighted by atomic mass is 35.5. The number of nitrogens with zero attached hydrogens (tertiary/aromatic N) is 2. The smallest absolute Gasteiger partial charge is 0.244 e. The molecular formula is C26H19Cl4N3O. The first-order chi connectivity index (χ1) is 16.3. The van der Waals surface area contributed by atoms with Crippen LogP contribution < -0.4 is 5.32 Å². The van der Waals surface area contributed by atoms with Crippen LogP contribution >= 0.6 is 46.4 Å². The number of halogens is 4. The highest BCUT2D eigenvalue weighted by Gasteiger charge is 2.18. The van der Waals surface area contributed by atoms with E-state index in [1.807, 2.05) is 49.4 Å². The van der Waals surface area contributed by atoms with Crippen LogP contribution in [-0.2, 0) is 11.3 Å². The van der Waals surface area contributed by atoms with Crippen molar-refractivity contribution >= 4 is 58.4 Å². The third-order valence-electron chi connectivity index (χ3n) is 5.22. The van der Waals surface area contributed by atoms with Gasteiger partial charge in [-0.1, -0.05) is 76.7 Å². The number of hydrogen-bond acceptors (Lipinski definition) is 2. The van der Waals surface area contributed by atoms with Gasteiger partial charge in [-0.25, -0.2) is 4.68 Å². The zero-order valence-corrected chi connectivity index (χ0v) is 21.1. The molecule has 4 aromatic rings. The van der Waals surface area contributed by atoms with Crippen molar-refractivity contribution in [2.45, 2.75) is 13.5 Å². The molecule has 1 N–H and O–H groups in total. The molecule has 0 saturated heterocycles. The van der Waals surface area contributed by atoms with E-state index in [4.69, 9.17) is 51.5 Å². The summed E-state index contributed by atoms with van der Waals surface area (Å²) in [5, 5.41) is 9.81. The van der Waals surface area contributed by atoms with Crippen LogP contribution in [0.2, 0.25) is 20.1 Å². The molecule has 34 heavy (non-hydrogen) atoms. The van der Waals surface area contributed by atoms with Crippen LogP contribution in [0.1, 0.15) is 16.8 Å². The molecule has 0 aliphatic heterocycles. The molecule has 1 amide bonds. The molecule has 4 nitrogen and oxygen atoms in total. The molecule has 4 rings (SSSR count). The van der Waals surface area contributed by atoms with Crippen molar-refractivity contribution in [3.63, 3.8) is 0 Å². The molecule has 0 saturated carbocycles. The van der Waals surface area contributed by atoms with Crippen LogP contribution in [0.4, 0.5) is 0 Å². The summed E-state index contributed by atoms with van der Waals surface area (Å²) >= 11 is 24.8. The van der Waals surface area contributed by atoms with Crippen LogP contribution in [0.25, 0.3) is 23.0 Å². The Balaban J connectivity index is 1.67. The standard InChI is InChI=1S/C26H19Cl4N3O/c1-16-23(11-13-25(34)31-15-18-4-2-3-5-21(18)29)32-33(24-12-10-20(28)14-22(24)30)26(16)17-6-8-19(27)9-7-17/h2-14H,15H2,1H3,(H,31,34)/b13-11+. The van der Waals surface area contributed by atoms with Gasteiger partial charge < -0.3 is 5.32 Å². The topological polar surface area (TPSA) is 46.9 Å². The molecule has 0 aliphatic carbocycles. The average Bonchev–Trinajstić information content (AvgIpc) is 3.13. The fraction of sp³-hybridized carbons (Fsp3) is 0.0769. The maximum absolute atomic E-state index is 12.4.